The molecular weight excluding hydrogens is 571 g/mol. The summed E-state index contributed by atoms with van der Waals surface area (Å²) in [6, 6.07) is 39.5. The third kappa shape index (κ3) is 15.4. The topological polar surface area (TPSA) is 56.4 Å². The van der Waals surface area contributed by atoms with E-state index in [1.807, 2.05) is 121 Å². The van der Waals surface area contributed by atoms with E-state index in [0.717, 1.165) is 22.7 Å². The molecule has 0 spiro atoms. The number of benzene rings is 4. The second-order valence-electron chi connectivity index (χ2n) is 6.24. The van der Waals surface area contributed by atoms with Crippen molar-refractivity contribution in [3.05, 3.63) is 143 Å². The first kappa shape index (κ1) is 30.0. The zero-order valence-corrected chi connectivity index (χ0v) is 23.4. The van der Waals surface area contributed by atoms with E-state index in [1.54, 1.807) is 28.2 Å². The molecular formula is C28H32HfN4. The summed E-state index contributed by atoms with van der Waals surface area (Å²) in [5.41, 5.74) is 4.14. The van der Waals surface area contributed by atoms with Crippen molar-refractivity contribution in [2.45, 2.75) is 0 Å². The van der Waals surface area contributed by atoms with Gasteiger partial charge in [0.1, 0.15) is 0 Å². The van der Waals surface area contributed by atoms with E-state index in [1.165, 1.54) is 0 Å². The molecule has 0 saturated carbocycles. The molecule has 0 radical (unpaired) electrons. The van der Waals surface area contributed by atoms with Crippen LogP contribution in [-0.2, 0) is 25.8 Å². The molecule has 0 saturated heterocycles. The van der Waals surface area contributed by atoms with Crippen molar-refractivity contribution >= 4 is 22.7 Å². The molecule has 33 heavy (non-hydrogen) atoms. The molecule has 0 aliphatic rings. The zero-order chi connectivity index (χ0) is 23.3. The summed E-state index contributed by atoms with van der Waals surface area (Å²) in [7, 11) is 7.15. The molecule has 0 heterocycles. The van der Waals surface area contributed by atoms with Gasteiger partial charge in [-0.2, -0.15) is 0 Å². The van der Waals surface area contributed by atoms with Crippen molar-refractivity contribution in [1.82, 2.24) is 0 Å². The summed E-state index contributed by atoms with van der Waals surface area (Å²) in [5.74, 6) is 0. The Bertz CT molecular complexity index is 747. The van der Waals surface area contributed by atoms with Crippen molar-refractivity contribution in [3.63, 3.8) is 0 Å². The fourth-order valence-corrected chi connectivity index (χ4v) is 2.31. The first-order chi connectivity index (χ1) is 15.7. The zero-order valence-electron chi connectivity index (χ0n) is 19.8. The summed E-state index contributed by atoms with van der Waals surface area (Å²) in [6.07, 6.45) is 0. The van der Waals surface area contributed by atoms with E-state index in [4.69, 9.17) is 0 Å². The Morgan fingerprint density at radius 2 is 0.455 bits per heavy atom. The molecule has 168 valence electrons. The molecule has 0 aliphatic carbocycles. The molecule has 0 bridgehead atoms. The maximum atomic E-state index is 3.97. The van der Waals surface area contributed by atoms with Gasteiger partial charge in [-0.1, -0.05) is 121 Å². The Morgan fingerprint density at radius 1 is 0.303 bits per heavy atom. The Balaban J connectivity index is 0.000000410. The SMILES string of the molecule is C[N-]c1ccccc1.C[N-]c1ccccc1.C[N-]c1ccccc1.C[N-]c1ccccc1.[Hf+4]. The fourth-order valence-electron chi connectivity index (χ4n) is 2.31. The quantitative estimate of drug-likeness (QED) is 0.209. The second kappa shape index (κ2) is 20.8. The van der Waals surface area contributed by atoms with E-state index in [-0.39, 0.29) is 25.8 Å². The van der Waals surface area contributed by atoms with Gasteiger partial charge in [0.25, 0.3) is 0 Å². The molecule has 0 aliphatic heterocycles. The average Bonchev–Trinajstić information content (AvgIpc) is 2.91. The smallest absolute Gasteiger partial charge is 0.687 e. The van der Waals surface area contributed by atoms with Crippen LogP contribution in [0.5, 0.6) is 0 Å². The van der Waals surface area contributed by atoms with Crippen LogP contribution in [0.3, 0.4) is 0 Å². The largest absolute Gasteiger partial charge is 4.00 e. The van der Waals surface area contributed by atoms with Crippen LogP contribution in [0.15, 0.2) is 121 Å². The molecule has 0 aromatic heterocycles. The molecule has 0 amide bonds. The van der Waals surface area contributed by atoms with E-state index >= 15 is 0 Å². The molecule has 0 unspecified atom stereocenters. The molecule has 0 fully saturated rings. The standard InChI is InChI=1S/4C7H8N.Hf/c4*1-8-7-5-3-2-4-6-7;/h4*2-6H,1H3;/q4*-1;+4. The summed E-state index contributed by atoms with van der Waals surface area (Å²) in [4.78, 5) is 0. The van der Waals surface area contributed by atoms with Gasteiger partial charge in [-0.05, 0) is 0 Å². The van der Waals surface area contributed by atoms with Crippen LogP contribution < -0.4 is 0 Å². The minimum absolute atomic E-state index is 0. The summed E-state index contributed by atoms with van der Waals surface area (Å²) < 4.78 is 0. The summed E-state index contributed by atoms with van der Waals surface area (Å²) >= 11 is 0. The number of rotatable bonds is 4. The maximum Gasteiger partial charge on any atom is 4.00 e. The van der Waals surface area contributed by atoms with Crippen molar-refractivity contribution in [2.75, 3.05) is 28.2 Å². The third-order valence-electron chi connectivity index (χ3n) is 4.06. The monoisotopic (exact) mass is 604 g/mol. The number of hydrogen-bond acceptors (Lipinski definition) is 0. The van der Waals surface area contributed by atoms with E-state index in [2.05, 4.69) is 21.3 Å². The first-order valence-electron chi connectivity index (χ1n) is 10.3. The second-order valence-corrected chi connectivity index (χ2v) is 6.24. The van der Waals surface area contributed by atoms with Gasteiger partial charge in [0, 0.05) is 0 Å². The molecule has 0 atom stereocenters. The normalized spacial score (nSPS) is 8.36. The molecule has 5 heteroatoms. The number of hydrogen-bond donors (Lipinski definition) is 0. The third-order valence-corrected chi connectivity index (χ3v) is 4.06. The molecule has 4 aromatic rings. The fraction of sp³-hybridized carbons (Fsp3) is 0.143. The van der Waals surface area contributed by atoms with Gasteiger partial charge in [-0.25, -0.2) is 0 Å². The van der Waals surface area contributed by atoms with Crippen LogP contribution in [0.2, 0.25) is 0 Å². The van der Waals surface area contributed by atoms with Gasteiger partial charge in [0.15, 0.2) is 0 Å². The number of nitrogens with zero attached hydrogens (tertiary/aromatic N) is 4. The Labute approximate surface area is 218 Å². The number of para-hydroxylation sites is 4. The van der Waals surface area contributed by atoms with Gasteiger partial charge in [-0.15, -0.1) is 50.9 Å². The van der Waals surface area contributed by atoms with Gasteiger partial charge in [0.05, 0.1) is 0 Å². The van der Waals surface area contributed by atoms with Gasteiger partial charge < -0.3 is 21.3 Å². The van der Waals surface area contributed by atoms with E-state index in [9.17, 15) is 0 Å². The van der Waals surface area contributed by atoms with Crippen LogP contribution >= 0.6 is 0 Å². The molecule has 0 N–H and O–H groups in total. The van der Waals surface area contributed by atoms with Gasteiger partial charge in [-0.3, -0.25) is 0 Å². The van der Waals surface area contributed by atoms with Crippen molar-refractivity contribution in [1.29, 1.82) is 0 Å². The molecule has 4 nitrogen and oxygen atoms in total. The molecule has 4 rings (SSSR count). The van der Waals surface area contributed by atoms with Crippen LogP contribution in [0.4, 0.5) is 22.7 Å². The van der Waals surface area contributed by atoms with Gasteiger partial charge >= 0.3 is 25.8 Å². The minimum atomic E-state index is 0. The van der Waals surface area contributed by atoms with E-state index in [0.29, 0.717) is 0 Å². The Hall–Kier alpha value is -3.05. The van der Waals surface area contributed by atoms with Crippen molar-refractivity contribution in [2.24, 2.45) is 0 Å². The summed E-state index contributed by atoms with van der Waals surface area (Å²) in [6.45, 7) is 0. The van der Waals surface area contributed by atoms with Crippen LogP contribution in [0.25, 0.3) is 21.3 Å². The van der Waals surface area contributed by atoms with Crippen LogP contribution in [0, 0.1) is 0 Å². The van der Waals surface area contributed by atoms with Crippen molar-refractivity contribution < 1.29 is 25.8 Å². The first-order valence-corrected chi connectivity index (χ1v) is 10.3. The molecule has 4 aromatic carbocycles. The summed E-state index contributed by atoms with van der Waals surface area (Å²) in [5, 5.41) is 15.9. The van der Waals surface area contributed by atoms with E-state index < -0.39 is 0 Å². The minimum Gasteiger partial charge on any atom is -0.687 e. The van der Waals surface area contributed by atoms with Crippen LogP contribution in [-0.4, -0.2) is 28.2 Å². The Kier molecular flexibility index (Phi) is 18.9. The predicted octanol–water partition coefficient (Wildman–Crippen LogP) is 9.28. The maximum absolute atomic E-state index is 3.97. The predicted molar refractivity (Wildman–Crippen MR) is 142 cm³/mol. The Morgan fingerprint density at radius 3 is 0.545 bits per heavy atom. The average molecular weight is 603 g/mol. The van der Waals surface area contributed by atoms with Crippen LogP contribution in [0.1, 0.15) is 0 Å². The van der Waals surface area contributed by atoms with Crippen molar-refractivity contribution in [3.8, 4) is 0 Å². The van der Waals surface area contributed by atoms with Gasteiger partial charge in [0.2, 0.25) is 0 Å².